The molecule has 4 nitrogen and oxygen atoms in total. The zero-order valence-electron chi connectivity index (χ0n) is 14.5. The molecular formula is C19H26N4. The third-order valence-corrected chi connectivity index (χ3v) is 5.71. The van der Waals surface area contributed by atoms with Crippen LogP contribution in [-0.4, -0.2) is 29.6 Å². The Bertz CT molecular complexity index is 742. The highest BCUT2D eigenvalue weighted by Gasteiger charge is 2.52. The van der Waals surface area contributed by atoms with E-state index in [0.717, 1.165) is 41.2 Å². The summed E-state index contributed by atoms with van der Waals surface area (Å²) in [6.45, 7) is 12.2. The van der Waals surface area contributed by atoms with E-state index in [2.05, 4.69) is 55.4 Å². The lowest BCUT2D eigenvalue weighted by Gasteiger charge is -2.28. The third-order valence-electron chi connectivity index (χ3n) is 5.71. The predicted octanol–water partition coefficient (Wildman–Crippen LogP) is 2.54. The number of nitrogens with one attached hydrogen (secondary N) is 2. The van der Waals surface area contributed by atoms with E-state index in [-0.39, 0.29) is 5.54 Å². The average Bonchev–Trinajstić information content (AvgIpc) is 2.94. The number of fused-ring (bicyclic) bond motifs is 2. The molecule has 1 saturated heterocycles. The molecule has 3 atom stereocenters. The maximum absolute atomic E-state index is 4.85. The van der Waals surface area contributed by atoms with Crippen molar-refractivity contribution >= 4 is 10.9 Å². The lowest BCUT2D eigenvalue weighted by molar-refractivity contribution is 0.372. The second-order valence-electron chi connectivity index (χ2n) is 7.79. The highest BCUT2D eigenvalue weighted by molar-refractivity contribution is 5.84. The van der Waals surface area contributed by atoms with Gasteiger partial charge in [-0.05, 0) is 82.8 Å². The summed E-state index contributed by atoms with van der Waals surface area (Å²) in [5, 5.41) is 8.46. The predicted molar refractivity (Wildman–Crippen MR) is 93.4 cm³/mol. The van der Waals surface area contributed by atoms with E-state index in [9.17, 15) is 0 Å². The van der Waals surface area contributed by atoms with E-state index < -0.39 is 0 Å². The Hall–Kier alpha value is -1.52. The summed E-state index contributed by atoms with van der Waals surface area (Å²) in [5.41, 5.74) is 4.26. The van der Waals surface area contributed by atoms with Crippen LogP contribution in [0.15, 0.2) is 18.3 Å². The number of aryl methyl sites for hydroxylation is 2. The van der Waals surface area contributed by atoms with Gasteiger partial charge in [-0.25, -0.2) is 0 Å². The normalized spacial score (nSPS) is 26.5. The average molecular weight is 310 g/mol. The van der Waals surface area contributed by atoms with Crippen LogP contribution in [0.3, 0.4) is 0 Å². The number of piperidine rings is 1. The SMILES string of the molecule is Cc1cc2c(C)ccnc2c(C(C)(C)NCC2[C@H]3CNC[C@@H]23)n1. The quantitative estimate of drug-likeness (QED) is 0.911. The van der Waals surface area contributed by atoms with Crippen molar-refractivity contribution in [1.29, 1.82) is 0 Å². The Balaban J connectivity index is 1.62. The van der Waals surface area contributed by atoms with Crippen molar-refractivity contribution in [3.05, 3.63) is 35.3 Å². The smallest absolute Gasteiger partial charge is 0.0939 e. The molecule has 1 saturated carbocycles. The summed E-state index contributed by atoms with van der Waals surface area (Å²) in [5.74, 6) is 2.61. The molecule has 2 aliphatic rings. The fourth-order valence-electron chi connectivity index (χ4n) is 4.15. The van der Waals surface area contributed by atoms with Gasteiger partial charge in [0.1, 0.15) is 0 Å². The van der Waals surface area contributed by atoms with Gasteiger partial charge in [0.05, 0.1) is 16.7 Å². The van der Waals surface area contributed by atoms with Gasteiger partial charge in [-0.3, -0.25) is 9.97 Å². The van der Waals surface area contributed by atoms with E-state index in [0.29, 0.717) is 0 Å². The van der Waals surface area contributed by atoms with Gasteiger partial charge in [0.15, 0.2) is 0 Å². The van der Waals surface area contributed by atoms with Crippen LogP contribution in [0.1, 0.15) is 30.8 Å². The molecule has 0 aromatic carbocycles. The molecule has 122 valence electrons. The molecule has 1 aliphatic heterocycles. The fourth-order valence-corrected chi connectivity index (χ4v) is 4.15. The molecule has 0 radical (unpaired) electrons. The summed E-state index contributed by atoms with van der Waals surface area (Å²) in [6, 6.07) is 4.22. The molecule has 2 aromatic heterocycles. The number of rotatable bonds is 4. The summed E-state index contributed by atoms with van der Waals surface area (Å²) < 4.78 is 0. The van der Waals surface area contributed by atoms with Crippen molar-refractivity contribution in [2.24, 2.45) is 17.8 Å². The van der Waals surface area contributed by atoms with E-state index in [4.69, 9.17) is 4.98 Å². The molecule has 2 aromatic rings. The lowest BCUT2D eigenvalue weighted by Crippen LogP contribution is -2.40. The second kappa shape index (κ2) is 5.25. The van der Waals surface area contributed by atoms with Crippen LogP contribution in [-0.2, 0) is 5.54 Å². The van der Waals surface area contributed by atoms with Gasteiger partial charge in [0.25, 0.3) is 0 Å². The van der Waals surface area contributed by atoms with Crippen LogP contribution < -0.4 is 10.6 Å². The van der Waals surface area contributed by atoms with Crippen LogP contribution in [0.5, 0.6) is 0 Å². The Morgan fingerprint density at radius 3 is 2.74 bits per heavy atom. The van der Waals surface area contributed by atoms with Gasteiger partial charge < -0.3 is 10.6 Å². The minimum absolute atomic E-state index is 0.171. The molecule has 3 heterocycles. The fraction of sp³-hybridized carbons (Fsp3) is 0.579. The van der Waals surface area contributed by atoms with Crippen molar-refractivity contribution in [1.82, 2.24) is 20.6 Å². The summed E-state index contributed by atoms with van der Waals surface area (Å²) >= 11 is 0. The van der Waals surface area contributed by atoms with Gasteiger partial charge in [-0.15, -0.1) is 0 Å². The van der Waals surface area contributed by atoms with Gasteiger partial charge in [-0.2, -0.15) is 0 Å². The third kappa shape index (κ3) is 2.54. The molecule has 0 spiro atoms. The Labute approximate surface area is 138 Å². The number of nitrogens with zero attached hydrogens (tertiary/aromatic N) is 2. The number of pyridine rings is 2. The van der Waals surface area contributed by atoms with Crippen molar-refractivity contribution < 1.29 is 0 Å². The lowest BCUT2D eigenvalue weighted by atomic mass is 9.95. The first kappa shape index (κ1) is 15.0. The Kier molecular flexibility index (Phi) is 3.43. The standard InChI is InChI=1S/C19H26N4/c1-11-5-6-21-17-13(11)7-12(2)23-18(17)19(3,4)22-10-16-14-8-20-9-15(14)16/h5-7,14-16,20,22H,8-10H2,1-4H3/t14-,15+,16?. The minimum atomic E-state index is -0.171. The zero-order chi connectivity index (χ0) is 16.2. The van der Waals surface area contributed by atoms with Crippen LogP contribution in [0, 0.1) is 31.6 Å². The number of hydrogen-bond acceptors (Lipinski definition) is 4. The molecule has 0 amide bonds. The molecule has 0 bridgehead atoms. The van der Waals surface area contributed by atoms with Gasteiger partial charge in [-0.1, -0.05) is 0 Å². The highest BCUT2D eigenvalue weighted by atomic mass is 15.0. The molecule has 23 heavy (non-hydrogen) atoms. The highest BCUT2D eigenvalue weighted by Crippen LogP contribution is 2.48. The topological polar surface area (TPSA) is 49.8 Å². The van der Waals surface area contributed by atoms with Crippen molar-refractivity contribution in [3.8, 4) is 0 Å². The van der Waals surface area contributed by atoms with E-state index in [1.165, 1.54) is 24.0 Å². The van der Waals surface area contributed by atoms with Gasteiger partial charge in [0.2, 0.25) is 0 Å². The Morgan fingerprint density at radius 1 is 1.26 bits per heavy atom. The van der Waals surface area contributed by atoms with Gasteiger partial charge in [0, 0.05) is 17.3 Å². The van der Waals surface area contributed by atoms with Crippen molar-refractivity contribution in [2.75, 3.05) is 19.6 Å². The summed E-state index contributed by atoms with van der Waals surface area (Å²) in [7, 11) is 0. The molecule has 2 fully saturated rings. The first-order chi connectivity index (χ1) is 11.0. The van der Waals surface area contributed by atoms with E-state index >= 15 is 0 Å². The summed E-state index contributed by atoms with van der Waals surface area (Å²) in [6.07, 6.45) is 1.89. The van der Waals surface area contributed by atoms with Crippen LogP contribution in [0.25, 0.3) is 10.9 Å². The minimum Gasteiger partial charge on any atom is -0.316 e. The molecule has 1 unspecified atom stereocenters. The molecule has 1 aliphatic carbocycles. The van der Waals surface area contributed by atoms with Crippen LogP contribution in [0.4, 0.5) is 0 Å². The largest absolute Gasteiger partial charge is 0.316 e. The van der Waals surface area contributed by atoms with Crippen molar-refractivity contribution in [2.45, 2.75) is 33.2 Å². The van der Waals surface area contributed by atoms with E-state index in [1.807, 2.05) is 6.20 Å². The zero-order valence-corrected chi connectivity index (χ0v) is 14.5. The molecule has 4 heteroatoms. The number of aromatic nitrogens is 2. The second-order valence-corrected chi connectivity index (χ2v) is 7.79. The maximum atomic E-state index is 4.85. The molecule has 2 N–H and O–H groups in total. The summed E-state index contributed by atoms with van der Waals surface area (Å²) in [4.78, 5) is 9.48. The monoisotopic (exact) mass is 310 g/mol. The van der Waals surface area contributed by atoms with Crippen LogP contribution >= 0.6 is 0 Å². The number of hydrogen-bond donors (Lipinski definition) is 2. The van der Waals surface area contributed by atoms with E-state index in [1.54, 1.807) is 0 Å². The Morgan fingerprint density at radius 2 is 2.00 bits per heavy atom. The van der Waals surface area contributed by atoms with Crippen molar-refractivity contribution in [3.63, 3.8) is 0 Å². The molecule has 4 rings (SSSR count). The first-order valence-corrected chi connectivity index (χ1v) is 8.66. The molecular weight excluding hydrogens is 284 g/mol. The first-order valence-electron chi connectivity index (χ1n) is 8.66. The van der Waals surface area contributed by atoms with Gasteiger partial charge >= 0.3 is 0 Å². The maximum Gasteiger partial charge on any atom is 0.0939 e. The van der Waals surface area contributed by atoms with Crippen LogP contribution in [0.2, 0.25) is 0 Å².